The summed E-state index contributed by atoms with van der Waals surface area (Å²) in [5.74, 6) is 0. The van der Waals surface area contributed by atoms with Gasteiger partial charge in [-0.3, -0.25) is 0 Å². The van der Waals surface area contributed by atoms with Gasteiger partial charge < -0.3 is 29.7 Å². The van der Waals surface area contributed by atoms with Crippen molar-refractivity contribution in [1.29, 1.82) is 0 Å². The van der Waals surface area contributed by atoms with Crippen LogP contribution in [0.5, 0.6) is 0 Å². The monoisotopic (exact) mass is 441 g/mol. The number of carbonyl (C=O) groups excluding carboxylic acids is 2. The van der Waals surface area contributed by atoms with E-state index in [-0.39, 0.29) is 35.7 Å². The molecule has 0 aromatic rings. The number of ether oxygens (including phenoxy) is 3. The quantitative estimate of drug-likeness (QED) is 0.677. The lowest BCUT2D eigenvalue weighted by atomic mass is 9.75. The Morgan fingerprint density at radius 1 is 1.06 bits per heavy atom. The highest BCUT2D eigenvalue weighted by Crippen LogP contribution is 2.34. The first-order valence-corrected chi connectivity index (χ1v) is 11.5. The molecule has 2 N–H and O–H groups in total. The Morgan fingerprint density at radius 2 is 1.68 bits per heavy atom. The molecule has 2 fully saturated rings. The Balaban J connectivity index is 1.99. The van der Waals surface area contributed by atoms with Crippen molar-refractivity contribution < 1.29 is 23.8 Å². The third kappa shape index (κ3) is 7.52. The summed E-state index contributed by atoms with van der Waals surface area (Å²) in [4.78, 5) is 26.6. The lowest BCUT2D eigenvalue weighted by Gasteiger charge is -2.51. The number of rotatable bonds is 5. The lowest BCUT2D eigenvalue weighted by Crippen LogP contribution is -2.70. The van der Waals surface area contributed by atoms with Gasteiger partial charge in [-0.1, -0.05) is 13.8 Å². The van der Waals surface area contributed by atoms with Crippen LogP contribution in [-0.4, -0.2) is 72.2 Å². The number of carbonyl (C=O) groups is 2. The molecule has 4 atom stereocenters. The summed E-state index contributed by atoms with van der Waals surface area (Å²) < 4.78 is 16.9. The minimum atomic E-state index is -0.535. The van der Waals surface area contributed by atoms with Crippen molar-refractivity contribution >= 4 is 12.2 Å². The molecule has 2 rings (SSSR count). The molecule has 0 aromatic heterocycles. The SMILES string of the molecule is CCOC1CC(NC(=O)OC(C)(C)C)C1NC1CCN(C(=O)OC(C)(C)C)CC1(C)C. The van der Waals surface area contributed by atoms with E-state index >= 15 is 0 Å². The molecule has 1 saturated heterocycles. The molecule has 8 nitrogen and oxygen atoms in total. The maximum Gasteiger partial charge on any atom is 0.410 e. The van der Waals surface area contributed by atoms with Gasteiger partial charge in [0.25, 0.3) is 0 Å². The Bertz CT molecular complexity index is 638. The molecule has 0 aromatic carbocycles. The number of likely N-dealkylation sites (tertiary alicyclic amines) is 1. The summed E-state index contributed by atoms with van der Waals surface area (Å²) in [5, 5.41) is 6.73. The maximum atomic E-state index is 12.5. The van der Waals surface area contributed by atoms with E-state index in [1.54, 1.807) is 4.90 Å². The molecule has 1 aliphatic carbocycles. The summed E-state index contributed by atoms with van der Waals surface area (Å²) in [6, 6.07) is 0.137. The van der Waals surface area contributed by atoms with Crippen LogP contribution in [0.2, 0.25) is 0 Å². The van der Waals surface area contributed by atoms with Crippen molar-refractivity contribution in [2.45, 2.75) is 111 Å². The maximum absolute atomic E-state index is 12.5. The van der Waals surface area contributed by atoms with E-state index in [1.165, 1.54) is 0 Å². The molecule has 1 aliphatic heterocycles. The minimum absolute atomic E-state index is 0.00446. The third-order valence-corrected chi connectivity index (χ3v) is 5.68. The van der Waals surface area contributed by atoms with Crippen molar-refractivity contribution in [1.82, 2.24) is 15.5 Å². The molecule has 4 unspecified atom stereocenters. The summed E-state index contributed by atoms with van der Waals surface area (Å²) in [6.07, 6.45) is 0.935. The van der Waals surface area contributed by atoms with E-state index in [0.29, 0.717) is 19.7 Å². The summed E-state index contributed by atoms with van der Waals surface area (Å²) >= 11 is 0. The number of amides is 2. The van der Waals surface area contributed by atoms with Crippen LogP contribution in [0.1, 0.15) is 75.2 Å². The molecule has 31 heavy (non-hydrogen) atoms. The number of piperidine rings is 1. The summed E-state index contributed by atoms with van der Waals surface area (Å²) in [5.41, 5.74) is -1.20. The zero-order chi connectivity index (χ0) is 23.6. The zero-order valence-corrected chi connectivity index (χ0v) is 20.8. The van der Waals surface area contributed by atoms with Crippen LogP contribution < -0.4 is 10.6 Å². The first kappa shape index (κ1) is 25.7. The smallest absolute Gasteiger partial charge is 0.410 e. The Morgan fingerprint density at radius 3 is 2.19 bits per heavy atom. The van der Waals surface area contributed by atoms with Gasteiger partial charge in [0, 0.05) is 25.7 Å². The number of hydrogen-bond donors (Lipinski definition) is 2. The molecule has 2 aliphatic rings. The van der Waals surface area contributed by atoms with E-state index in [4.69, 9.17) is 14.2 Å². The van der Waals surface area contributed by atoms with Gasteiger partial charge in [0.15, 0.2) is 0 Å². The van der Waals surface area contributed by atoms with Crippen LogP contribution in [-0.2, 0) is 14.2 Å². The van der Waals surface area contributed by atoms with Crippen molar-refractivity contribution in [3.63, 3.8) is 0 Å². The van der Waals surface area contributed by atoms with Crippen molar-refractivity contribution in [3.05, 3.63) is 0 Å². The first-order chi connectivity index (χ1) is 14.1. The average Bonchev–Trinajstić information content (AvgIpc) is 2.55. The minimum Gasteiger partial charge on any atom is -0.444 e. The average molecular weight is 442 g/mol. The van der Waals surface area contributed by atoms with Crippen LogP contribution in [0.25, 0.3) is 0 Å². The molecule has 0 radical (unpaired) electrons. The molecule has 2 amide bonds. The van der Waals surface area contributed by atoms with Crippen LogP contribution in [0.15, 0.2) is 0 Å². The Kier molecular flexibility index (Phi) is 7.90. The van der Waals surface area contributed by atoms with Crippen molar-refractivity contribution in [2.24, 2.45) is 5.41 Å². The highest BCUT2D eigenvalue weighted by Gasteiger charge is 2.47. The van der Waals surface area contributed by atoms with Gasteiger partial charge >= 0.3 is 12.2 Å². The number of hydrogen-bond acceptors (Lipinski definition) is 6. The van der Waals surface area contributed by atoms with Gasteiger partial charge in [-0.25, -0.2) is 9.59 Å². The number of nitrogens with zero attached hydrogens (tertiary/aromatic N) is 1. The fraction of sp³-hybridized carbons (Fsp3) is 0.913. The Labute approximate surface area is 187 Å². The number of nitrogens with one attached hydrogen (secondary N) is 2. The van der Waals surface area contributed by atoms with Gasteiger partial charge in [0.05, 0.1) is 18.2 Å². The van der Waals surface area contributed by atoms with Crippen LogP contribution >= 0.6 is 0 Å². The predicted octanol–water partition coefficient (Wildman–Crippen LogP) is 3.68. The standard InChI is InChI=1S/C23H43N3O5/c1-10-29-16-13-15(24-19(27)30-21(2,3)4)18(16)25-17-11-12-26(14-23(17,8)9)20(28)31-22(5,6)7/h15-18,25H,10-14H2,1-9H3,(H,24,27). The second-order valence-electron chi connectivity index (χ2n) is 11.4. The molecular weight excluding hydrogens is 398 g/mol. The van der Waals surface area contributed by atoms with Gasteiger partial charge in [0.2, 0.25) is 0 Å². The van der Waals surface area contributed by atoms with E-state index in [0.717, 1.165) is 12.8 Å². The third-order valence-electron chi connectivity index (χ3n) is 5.68. The van der Waals surface area contributed by atoms with Gasteiger partial charge in [0.1, 0.15) is 11.2 Å². The molecule has 1 saturated carbocycles. The van der Waals surface area contributed by atoms with Crippen molar-refractivity contribution in [3.8, 4) is 0 Å². The molecule has 180 valence electrons. The first-order valence-electron chi connectivity index (χ1n) is 11.5. The Hall–Kier alpha value is -1.54. The summed E-state index contributed by atoms with van der Waals surface area (Å²) in [7, 11) is 0. The molecule has 1 heterocycles. The van der Waals surface area contributed by atoms with Crippen molar-refractivity contribution in [2.75, 3.05) is 19.7 Å². The normalized spacial score (nSPS) is 28.5. The van der Waals surface area contributed by atoms with E-state index < -0.39 is 17.3 Å². The fourth-order valence-electron chi connectivity index (χ4n) is 4.20. The van der Waals surface area contributed by atoms with Crippen LogP contribution in [0.3, 0.4) is 0 Å². The molecule has 8 heteroatoms. The lowest BCUT2D eigenvalue weighted by molar-refractivity contribution is -0.0580. The number of alkyl carbamates (subject to hydrolysis) is 1. The second kappa shape index (κ2) is 9.53. The van der Waals surface area contributed by atoms with Gasteiger partial charge in [-0.05, 0) is 66.7 Å². The highest BCUT2D eigenvalue weighted by atomic mass is 16.6. The van der Waals surface area contributed by atoms with E-state index in [9.17, 15) is 9.59 Å². The largest absolute Gasteiger partial charge is 0.444 e. The zero-order valence-electron chi connectivity index (χ0n) is 20.8. The molecular formula is C23H43N3O5. The topological polar surface area (TPSA) is 89.1 Å². The fourth-order valence-corrected chi connectivity index (χ4v) is 4.20. The van der Waals surface area contributed by atoms with Crippen LogP contribution in [0, 0.1) is 5.41 Å². The van der Waals surface area contributed by atoms with Gasteiger partial charge in [-0.2, -0.15) is 0 Å². The second-order valence-corrected chi connectivity index (χ2v) is 11.4. The predicted molar refractivity (Wildman–Crippen MR) is 120 cm³/mol. The highest BCUT2D eigenvalue weighted by molar-refractivity contribution is 5.69. The van der Waals surface area contributed by atoms with Gasteiger partial charge in [-0.15, -0.1) is 0 Å². The molecule has 0 spiro atoms. The summed E-state index contributed by atoms with van der Waals surface area (Å²) in [6.45, 7) is 19.4. The molecule has 0 bridgehead atoms. The van der Waals surface area contributed by atoms with E-state index in [2.05, 4.69) is 24.5 Å². The van der Waals surface area contributed by atoms with E-state index in [1.807, 2.05) is 48.5 Å². The van der Waals surface area contributed by atoms with Crippen LogP contribution in [0.4, 0.5) is 9.59 Å².